The fourth-order valence-electron chi connectivity index (χ4n) is 3.82. The Hall–Kier alpha value is -3.19. The van der Waals surface area contributed by atoms with E-state index in [1.54, 1.807) is 21.3 Å². The Balaban J connectivity index is 1.66. The van der Waals surface area contributed by atoms with Gasteiger partial charge in [-0.25, -0.2) is 0 Å². The summed E-state index contributed by atoms with van der Waals surface area (Å²) in [5.41, 5.74) is 2.60. The highest BCUT2D eigenvalue weighted by Gasteiger charge is 2.34. The Morgan fingerprint density at radius 3 is 2.28 bits per heavy atom. The standard InChI is InChI=1S/C25H24BrNO5/c1-29-19-7-9-20(10-8-19)32-15-22(16-5-11-23(30-2)24(12-16)31-3)27-14-17-4-6-18(26)13-21(17)25(27)28/h4-13,22H,14-15H2,1-3H3. The van der Waals surface area contributed by atoms with Gasteiger partial charge in [-0.3, -0.25) is 4.79 Å². The van der Waals surface area contributed by atoms with Crippen molar-refractivity contribution in [1.29, 1.82) is 0 Å². The number of carbonyl (C=O) groups excluding carboxylic acids is 1. The van der Waals surface area contributed by atoms with Gasteiger partial charge in [-0.2, -0.15) is 0 Å². The van der Waals surface area contributed by atoms with Gasteiger partial charge < -0.3 is 23.8 Å². The smallest absolute Gasteiger partial charge is 0.255 e. The van der Waals surface area contributed by atoms with Crippen molar-refractivity contribution in [2.24, 2.45) is 0 Å². The van der Waals surface area contributed by atoms with Crippen LogP contribution in [0.1, 0.15) is 27.5 Å². The molecule has 0 saturated heterocycles. The molecule has 4 rings (SSSR count). The molecule has 0 aromatic heterocycles. The summed E-state index contributed by atoms with van der Waals surface area (Å²) >= 11 is 3.47. The van der Waals surface area contributed by atoms with E-state index in [1.165, 1.54) is 0 Å². The number of amides is 1. The maximum atomic E-state index is 13.3. The van der Waals surface area contributed by atoms with Gasteiger partial charge in [0.15, 0.2) is 11.5 Å². The van der Waals surface area contributed by atoms with Crippen LogP contribution in [0, 0.1) is 0 Å². The number of rotatable bonds is 8. The van der Waals surface area contributed by atoms with E-state index in [2.05, 4.69) is 15.9 Å². The molecule has 3 aromatic rings. The average Bonchev–Trinajstić information content (AvgIpc) is 3.15. The van der Waals surface area contributed by atoms with Gasteiger partial charge in [-0.05, 0) is 59.7 Å². The van der Waals surface area contributed by atoms with E-state index in [4.69, 9.17) is 18.9 Å². The summed E-state index contributed by atoms with van der Waals surface area (Å²) in [4.78, 5) is 15.1. The molecule has 0 N–H and O–H groups in total. The lowest BCUT2D eigenvalue weighted by molar-refractivity contribution is 0.0635. The number of hydrogen-bond acceptors (Lipinski definition) is 5. The molecule has 0 bridgehead atoms. The summed E-state index contributed by atoms with van der Waals surface area (Å²) < 4.78 is 23.1. The quantitative estimate of drug-likeness (QED) is 0.425. The number of benzene rings is 3. The maximum Gasteiger partial charge on any atom is 0.255 e. The van der Waals surface area contributed by atoms with Gasteiger partial charge in [0, 0.05) is 16.6 Å². The van der Waals surface area contributed by atoms with Crippen molar-refractivity contribution in [3.63, 3.8) is 0 Å². The van der Waals surface area contributed by atoms with Gasteiger partial charge in [-0.1, -0.05) is 28.1 Å². The van der Waals surface area contributed by atoms with Gasteiger partial charge in [0.1, 0.15) is 18.1 Å². The summed E-state index contributed by atoms with van der Waals surface area (Å²) in [6, 6.07) is 18.5. The summed E-state index contributed by atoms with van der Waals surface area (Å²) in [6.45, 7) is 0.787. The minimum atomic E-state index is -0.324. The molecule has 0 saturated carbocycles. The van der Waals surface area contributed by atoms with Crippen LogP contribution in [-0.2, 0) is 6.54 Å². The molecule has 0 fully saturated rings. The van der Waals surface area contributed by atoms with Gasteiger partial charge in [0.05, 0.1) is 27.4 Å². The van der Waals surface area contributed by atoms with E-state index >= 15 is 0 Å². The topological polar surface area (TPSA) is 57.2 Å². The number of methoxy groups -OCH3 is 3. The summed E-state index contributed by atoms with van der Waals surface area (Å²) in [7, 11) is 4.82. The molecule has 6 nitrogen and oxygen atoms in total. The summed E-state index contributed by atoms with van der Waals surface area (Å²) in [6.07, 6.45) is 0. The monoisotopic (exact) mass is 497 g/mol. The van der Waals surface area contributed by atoms with Gasteiger partial charge in [-0.15, -0.1) is 0 Å². The van der Waals surface area contributed by atoms with Gasteiger partial charge >= 0.3 is 0 Å². The van der Waals surface area contributed by atoms with Crippen LogP contribution >= 0.6 is 15.9 Å². The van der Waals surface area contributed by atoms with Crippen LogP contribution in [0.2, 0.25) is 0 Å². The fourth-order valence-corrected chi connectivity index (χ4v) is 4.18. The maximum absolute atomic E-state index is 13.3. The molecule has 0 aliphatic carbocycles. The predicted molar refractivity (Wildman–Crippen MR) is 125 cm³/mol. The molecule has 1 amide bonds. The number of ether oxygens (including phenoxy) is 4. The second kappa shape index (κ2) is 9.53. The molecule has 0 radical (unpaired) electrons. The van der Waals surface area contributed by atoms with Crippen LogP contribution in [0.25, 0.3) is 0 Å². The van der Waals surface area contributed by atoms with Crippen LogP contribution in [0.3, 0.4) is 0 Å². The third-order valence-corrected chi connectivity index (χ3v) is 6.03. The van der Waals surface area contributed by atoms with E-state index in [9.17, 15) is 4.79 Å². The Kier molecular flexibility index (Phi) is 6.55. The highest BCUT2D eigenvalue weighted by molar-refractivity contribution is 9.10. The third-order valence-electron chi connectivity index (χ3n) is 5.54. The number of carbonyl (C=O) groups is 1. The average molecular weight is 498 g/mol. The Morgan fingerprint density at radius 1 is 0.875 bits per heavy atom. The van der Waals surface area contributed by atoms with Crippen LogP contribution in [0.4, 0.5) is 0 Å². The van der Waals surface area contributed by atoms with Crippen LogP contribution in [-0.4, -0.2) is 38.7 Å². The van der Waals surface area contributed by atoms with Crippen molar-refractivity contribution in [1.82, 2.24) is 4.90 Å². The van der Waals surface area contributed by atoms with Crippen molar-refractivity contribution < 1.29 is 23.7 Å². The van der Waals surface area contributed by atoms with Crippen molar-refractivity contribution in [3.8, 4) is 23.0 Å². The molecule has 3 aromatic carbocycles. The Labute approximate surface area is 195 Å². The zero-order valence-corrected chi connectivity index (χ0v) is 19.7. The van der Waals surface area contributed by atoms with Crippen LogP contribution in [0.15, 0.2) is 65.1 Å². The van der Waals surface area contributed by atoms with Crippen LogP contribution in [0.5, 0.6) is 23.0 Å². The number of nitrogens with zero attached hydrogens (tertiary/aromatic N) is 1. The molecular weight excluding hydrogens is 474 g/mol. The number of halogens is 1. The minimum Gasteiger partial charge on any atom is -0.497 e. The Morgan fingerprint density at radius 2 is 1.59 bits per heavy atom. The number of hydrogen-bond donors (Lipinski definition) is 0. The van der Waals surface area contributed by atoms with E-state index in [1.807, 2.05) is 65.6 Å². The first kappa shape index (κ1) is 22.0. The third kappa shape index (κ3) is 4.39. The Bertz CT molecular complexity index is 1120. The van der Waals surface area contributed by atoms with E-state index in [-0.39, 0.29) is 18.6 Å². The second-order valence-electron chi connectivity index (χ2n) is 7.35. The van der Waals surface area contributed by atoms with Crippen molar-refractivity contribution in [2.75, 3.05) is 27.9 Å². The first-order valence-corrected chi connectivity index (χ1v) is 10.9. The SMILES string of the molecule is COc1ccc(OCC(c2ccc(OC)c(OC)c2)N2Cc3ccc(Br)cc3C2=O)cc1. The van der Waals surface area contributed by atoms with Gasteiger partial charge in [0.25, 0.3) is 5.91 Å². The van der Waals surface area contributed by atoms with Crippen molar-refractivity contribution >= 4 is 21.8 Å². The molecule has 1 aliphatic heterocycles. The highest BCUT2D eigenvalue weighted by atomic mass is 79.9. The van der Waals surface area contributed by atoms with E-state index in [0.29, 0.717) is 29.4 Å². The first-order valence-electron chi connectivity index (χ1n) is 10.1. The molecule has 166 valence electrons. The van der Waals surface area contributed by atoms with Gasteiger partial charge in [0.2, 0.25) is 0 Å². The van der Waals surface area contributed by atoms with Crippen LogP contribution < -0.4 is 18.9 Å². The summed E-state index contributed by atoms with van der Waals surface area (Å²) in [5, 5.41) is 0. The zero-order chi connectivity index (χ0) is 22.7. The van der Waals surface area contributed by atoms with E-state index in [0.717, 1.165) is 21.3 Å². The largest absolute Gasteiger partial charge is 0.497 e. The molecule has 1 heterocycles. The summed E-state index contributed by atoms with van der Waals surface area (Å²) in [5.74, 6) is 2.66. The van der Waals surface area contributed by atoms with E-state index < -0.39 is 0 Å². The first-order chi connectivity index (χ1) is 15.5. The van der Waals surface area contributed by atoms with Crippen molar-refractivity contribution in [2.45, 2.75) is 12.6 Å². The molecule has 0 spiro atoms. The fraction of sp³-hybridized carbons (Fsp3) is 0.240. The van der Waals surface area contributed by atoms with Crippen molar-refractivity contribution in [3.05, 3.63) is 81.8 Å². The molecule has 1 unspecified atom stereocenters. The molecule has 7 heteroatoms. The molecular formula is C25H24BrNO5. The lowest BCUT2D eigenvalue weighted by Crippen LogP contribution is -2.33. The number of fused-ring (bicyclic) bond motifs is 1. The second-order valence-corrected chi connectivity index (χ2v) is 8.27. The highest BCUT2D eigenvalue weighted by Crippen LogP contribution is 2.37. The minimum absolute atomic E-state index is 0.0283. The predicted octanol–water partition coefficient (Wildman–Crippen LogP) is 5.25. The molecule has 1 aliphatic rings. The lowest BCUT2D eigenvalue weighted by atomic mass is 10.0. The lowest BCUT2D eigenvalue weighted by Gasteiger charge is -2.29. The zero-order valence-electron chi connectivity index (χ0n) is 18.1. The normalized spacial score (nSPS) is 13.5. The molecule has 32 heavy (non-hydrogen) atoms. The molecule has 1 atom stereocenters.